The van der Waals surface area contributed by atoms with E-state index in [9.17, 15) is 0 Å². The van der Waals surface area contributed by atoms with Crippen molar-refractivity contribution in [1.29, 1.82) is 0 Å². The molecule has 0 aromatic rings. The molecule has 0 atom stereocenters. The maximum atomic E-state index is 2.28. The van der Waals surface area contributed by atoms with Gasteiger partial charge in [-0.1, -0.05) is 0 Å². The molecule has 2 aliphatic carbocycles. The second-order valence-corrected chi connectivity index (χ2v) is 4.60. The summed E-state index contributed by atoms with van der Waals surface area (Å²) in [6.07, 6.45) is 15.7. The normalized spacial score (nSPS) is 19.0. The molecule has 0 spiro atoms. The summed E-state index contributed by atoms with van der Waals surface area (Å²) in [5.74, 6) is 0. The molecule has 0 N–H and O–H groups in total. The van der Waals surface area contributed by atoms with Gasteiger partial charge in [-0.25, -0.2) is 0 Å². The molecule has 0 aromatic heterocycles. The van der Waals surface area contributed by atoms with Crippen LogP contribution in [0.1, 0.15) is 14.3 Å². The van der Waals surface area contributed by atoms with Gasteiger partial charge in [-0.15, -0.1) is 0 Å². The summed E-state index contributed by atoms with van der Waals surface area (Å²) in [6, 6.07) is 0. The van der Waals surface area contributed by atoms with Crippen molar-refractivity contribution < 1.29 is 38.6 Å². The van der Waals surface area contributed by atoms with Gasteiger partial charge in [0.05, 0.1) is 0 Å². The third-order valence-corrected chi connectivity index (χ3v) is 4.16. The number of halogens is 1. The van der Waals surface area contributed by atoms with Gasteiger partial charge < -0.3 is 13.8 Å². The molecule has 0 aromatic carbocycles. The van der Waals surface area contributed by atoms with E-state index in [0.717, 1.165) is 3.63 Å². The first-order valence-corrected chi connectivity index (χ1v) is 5.72. The SMILES string of the molecule is [Cl-].[H-].[Zr+2][CH](C1=CC=CC1)C1=CC=CC1. The van der Waals surface area contributed by atoms with E-state index in [4.69, 9.17) is 0 Å². The molecule has 2 heteroatoms. The van der Waals surface area contributed by atoms with E-state index in [1.54, 1.807) is 35.9 Å². The van der Waals surface area contributed by atoms with Gasteiger partial charge in [0, 0.05) is 0 Å². The van der Waals surface area contributed by atoms with Crippen molar-refractivity contribution in [3.05, 3.63) is 47.6 Å². The quantitative estimate of drug-likeness (QED) is 0.673. The Balaban J connectivity index is 0.000000845. The van der Waals surface area contributed by atoms with Crippen LogP contribution >= 0.6 is 0 Å². The van der Waals surface area contributed by atoms with E-state index in [1.165, 1.54) is 12.8 Å². The van der Waals surface area contributed by atoms with Gasteiger partial charge in [0.1, 0.15) is 0 Å². The second kappa shape index (κ2) is 5.12. The van der Waals surface area contributed by atoms with Crippen molar-refractivity contribution in [1.82, 2.24) is 0 Å². The monoisotopic (exact) mass is 269 g/mol. The number of hydrogen-bond donors (Lipinski definition) is 0. The van der Waals surface area contributed by atoms with Gasteiger partial charge in [-0.05, 0) is 0 Å². The minimum atomic E-state index is 0. The Hall–Kier alpha value is 0.133. The zero-order valence-electron chi connectivity index (χ0n) is 8.33. The fraction of sp³-hybridized carbons (Fsp3) is 0.273. The Kier molecular flexibility index (Phi) is 4.42. The number of hydrogen-bond acceptors (Lipinski definition) is 0. The summed E-state index contributed by atoms with van der Waals surface area (Å²) in [7, 11) is 0. The summed E-state index contributed by atoms with van der Waals surface area (Å²) >= 11 is 1.63. The molecule has 2 rings (SSSR count). The molecule has 0 saturated carbocycles. The molecule has 0 saturated heterocycles. The van der Waals surface area contributed by atoms with Gasteiger partial charge in [0.15, 0.2) is 0 Å². The molecule has 67 valence electrons. The summed E-state index contributed by atoms with van der Waals surface area (Å²) < 4.78 is 0.738. The average molecular weight is 271 g/mol. The summed E-state index contributed by atoms with van der Waals surface area (Å²) in [6.45, 7) is 0. The molecule has 0 heterocycles. The van der Waals surface area contributed by atoms with E-state index in [-0.39, 0.29) is 13.8 Å². The van der Waals surface area contributed by atoms with E-state index in [2.05, 4.69) is 36.5 Å². The zero-order valence-corrected chi connectivity index (χ0v) is 10.5. The first-order valence-electron chi connectivity index (χ1n) is 4.30. The van der Waals surface area contributed by atoms with Crippen LogP contribution in [0.2, 0.25) is 3.63 Å². The molecular formula is C11H12ClZr. The molecular weight excluding hydrogens is 259 g/mol. The van der Waals surface area contributed by atoms with E-state index in [0.29, 0.717) is 0 Å². The fourth-order valence-corrected chi connectivity index (χ4v) is 2.65. The Morgan fingerprint density at radius 2 is 1.54 bits per heavy atom. The molecule has 0 bridgehead atoms. The molecule has 0 radical (unpaired) electrons. The van der Waals surface area contributed by atoms with Crippen LogP contribution in [0.15, 0.2) is 47.6 Å². The minimum absolute atomic E-state index is 0. The topological polar surface area (TPSA) is 0 Å². The van der Waals surface area contributed by atoms with Gasteiger partial charge in [0.25, 0.3) is 0 Å². The molecule has 0 unspecified atom stereocenters. The zero-order chi connectivity index (χ0) is 8.39. The van der Waals surface area contributed by atoms with Crippen LogP contribution in [0.5, 0.6) is 0 Å². The number of allylic oxidation sites excluding steroid dienone is 8. The van der Waals surface area contributed by atoms with E-state index in [1.807, 2.05) is 0 Å². The van der Waals surface area contributed by atoms with Crippen molar-refractivity contribution in [2.75, 3.05) is 0 Å². The van der Waals surface area contributed by atoms with Gasteiger partial charge in [-0.2, -0.15) is 0 Å². The van der Waals surface area contributed by atoms with Crippen LogP contribution < -0.4 is 12.4 Å². The predicted molar refractivity (Wildman–Crippen MR) is 48.5 cm³/mol. The Labute approximate surface area is 102 Å². The van der Waals surface area contributed by atoms with Gasteiger partial charge in [0.2, 0.25) is 0 Å². The van der Waals surface area contributed by atoms with Crippen LogP contribution in [0.3, 0.4) is 0 Å². The molecule has 13 heavy (non-hydrogen) atoms. The van der Waals surface area contributed by atoms with Crippen LogP contribution in [0, 0.1) is 0 Å². The van der Waals surface area contributed by atoms with Crippen molar-refractivity contribution >= 4 is 0 Å². The van der Waals surface area contributed by atoms with Crippen molar-refractivity contribution in [3.63, 3.8) is 0 Å². The Morgan fingerprint density at radius 3 is 1.85 bits per heavy atom. The predicted octanol–water partition coefficient (Wildman–Crippen LogP) is 0.211. The van der Waals surface area contributed by atoms with Crippen LogP contribution in [0.25, 0.3) is 0 Å². The van der Waals surface area contributed by atoms with Gasteiger partial charge >= 0.3 is 88.8 Å². The molecule has 0 nitrogen and oxygen atoms in total. The molecule has 2 aliphatic rings. The van der Waals surface area contributed by atoms with Crippen LogP contribution in [0.4, 0.5) is 0 Å². The first kappa shape index (κ1) is 11.2. The van der Waals surface area contributed by atoms with Crippen LogP contribution in [-0.2, 0) is 24.7 Å². The molecule has 0 aliphatic heterocycles. The Bertz CT molecular complexity index is 272. The van der Waals surface area contributed by atoms with Gasteiger partial charge in [-0.3, -0.25) is 0 Å². The standard InChI is InChI=1S/C11H11.ClH.Zr.H/c1-2-6-10(5-1)9-11-7-3-4-8-11;;;/h1-5,7,9H,6,8H2;1H;;/q;;+2;-1/p-1. The summed E-state index contributed by atoms with van der Waals surface area (Å²) in [5.41, 5.74) is 3.20. The van der Waals surface area contributed by atoms with Crippen molar-refractivity contribution in [2.24, 2.45) is 0 Å². The summed E-state index contributed by atoms with van der Waals surface area (Å²) in [5, 5.41) is 0. The van der Waals surface area contributed by atoms with Crippen molar-refractivity contribution in [3.8, 4) is 0 Å². The number of rotatable bonds is 2. The van der Waals surface area contributed by atoms with E-state index < -0.39 is 0 Å². The molecule has 0 amide bonds. The van der Waals surface area contributed by atoms with E-state index >= 15 is 0 Å². The van der Waals surface area contributed by atoms with Crippen LogP contribution in [-0.4, -0.2) is 0 Å². The summed E-state index contributed by atoms with van der Waals surface area (Å²) in [4.78, 5) is 0. The second-order valence-electron chi connectivity index (χ2n) is 3.18. The third kappa shape index (κ3) is 2.54. The van der Waals surface area contributed by atoms with Crippen molar-refractivity contribution in [2.45, 2.75) is 16.5 Å². The molecule has 0 fully saturated rings. The average Bonchev–Trinajstić information content (AvgIpc) is 2.77. The maximum absolute atomic E-state index is 2.28. The third-order valence-electron chi connectivity index (χ3n) is 2.34. The Morgan fingerprint density at radius 1 is 1.08 bits per heavy atom. The fourth-order valence-electron chi connectivity index (χ4n) is 1.59. The first-order chi connectivity index (χ1) is 5.88.